The number of benzene rings is 1. The summed E-state index contributed by atoms with van der Waals surface area (Å²) in [4.78, 5) is 10.6. The fraction of sp³-hybridized carbons (Fsp3) is 0.190. The Labute approximate surface area is 159 Å². The average Bonchev–Trinajstić information content (AvgIpc) is 2.69. The molecule has 3 aromatic rings. The molecule has 0 saturated heterocycles. The molecule has 27 heavy (non-hydrogen) atoms. The first kappa shape index (κ1) is 18.5. The molecule has 0 aliphatic rings. The van der Waals surface area contributed by atoms with E-state index in [4.69, 9.17) is 0 Å². The Morgan fingerprint density at radius 1 is 1.11 bits per heavy atom. The van der Waals surface area contributed by atoms with E-state index in [1.54, 1.807) is 18.6 Å². The highest BCUT2D eigenvalue weighted by Crippen LogP contribution is 2.25. The van der Waals surface area contributed by atoms with Crippen molar-refractivity contribution in [2.75, 3.05) is 30.5 Å². The molecule has 0 unspecified atom stereocenters. The maximum Gasteiger partial charge on any atom is 0.149 e. The minimum absolute atomic E-state index is 0.0614. The summed E-state index contributed by atoms with van der Waals surface area (Å²) in [5, 5.41) is 13.5. The van der Waals surface area contributed by atoms with Crippen LogP contribution in [0.2, 0.25) is 0 Å². The van der Waals surface area contributed by atoms with Crippen molar-refractivity contribution in [3.63, 3.8) is 0 Å². The predicted octanol–water partition coefficient (Wildman–Crippen LogP) is 3.33. The summed E-state index contributed by atoms with van der Waals surface area (Å²) in [6, 6.07) is 15.9. The van der Waals surface area contributed by atoms with Crippen LogP contribution in [0.15, 0.2) is 66.0 Å². The number of rotatable bonds is 7. The van der Waals surface area contributed by atoms with Crippen LogP contribution < -0.4 is 10.3 Å². The van der Waals surface area contributed by atoms with Crippen LogP contribution in [0.1, 0.15) is 11.1 Å². The Balaban J connectivity index is 1.87. The Morgan fingerprint density at radius 2 is 1.93 bits per heavy atom. The van der Waals surface area contributed by atoms with Gasteiger partial charge in [-0.15, -0.1) is 0 Å². The maximum atomic E-state index is 9.23. The van der Waals surface area contributed by atoms with Gasteiger partial charge in [-0.05, 0) is 47.9 Å². The summed E-state index contributed by atoms with van der Waals surface area (Å²) >= 11 is 0. The number of aliphatic hydroxyl groups is 1. The molecule has 0 atom stereocenters. The molecule has 0 amide bonds. The summed E-state index contributed by atoms with van der Waals surface area (Å²) < 4.78 is 0. The largest absolute Gasteiger partial charge is 0.395 e. The van der Waals surface area contributed by atoms with Crippen molar-refractivity contribution in [3.8, 4) is 11.1 Å². The molecule has 2 heterocycles. The predicted molar refractivity (Wildman–Crippen MR) is 110 cm³/mol. The second kappa shape index (κ2) is 8.91. The summed E-state index contributed by atoms with van der Waals surface area (Å²) in [5.41, 5.74) is 7.26. The fourth-order valence-corrected chi connectivity index (χ4v) is 2.67. The monoisotopic (exact) mass is 361 g/mol. The molecule has 0 fully saturated rings. The lowest BCUT2D eigenvalue weighted by Crippen LogP contribution is -2.22. The van der Waals surface area contributed by atoms with Crippen molar-refractivity contribution in [1.82, 2.24) is 9.97 Å². The van der Waals surface area contributed by atoms with Gasteiger partial charge in [0.25, 0.3) is 0 Å². The molecular weight excluding hydrogens is 338 g/mol. The van der Waals surface area contributed by atoms with Gasteiger partial charge in [-0.1, -0.05) is 29.8 Å². The van der Waals surface area contributed by atoms with Crippen LogP contribution in [-0.2, 0) is 0 Å². The van der Waals surface area contributed by atoms with Crippen LogP contribution in [0.5, 0.6) is 0 Å². The summed E-state index contributed by atoms with van der Waals surface area (Å²) in [7, 11) is 1.90. The third-order valence-corrected chi connectivity index (χ3v) is 4.09. The average molecular weight is 361 g/mol. The van der Waals surface area contributed by atoms with Gasteiger partial charge < -0.3 is 10.0 Å². The SMILES string of the molecule is Cc1cccc(C=NNc2cc(-c3ccncc3)cc(N(C)CCO)n2)c1. The molecule has 138 valence electrons. The normalized spacial score (nSPS) is 10.9. The number of aliphatic hydroxyl groups excluding tert-OH is 1. The Morgan fingerprint density at radius 3 is 2.67 bits per heavy atom. The van der Waals surface area contributed by atoms with Gasteiger partial charge in [0.05, 0.1) is 12.8 Å². The van der Waals surface area contributed by atoms with E-state index in [1.165, 1.54) is 5.56 Å². The van der Waals surface area contributed by atoms with E-state index in [9.17, 15) is 5.11 Å². The van der Waals surface area contributed by atoms with Crippen LogP contribution in [-0.4, -0.2) is 41.5 Å². The minimum atomic E-state index is 0.0614. The number of nitrogens with one attached hydrogen (secondary N) is 1. The van der Waals surface area contributed by atoms with Gasteiger partial charge in [-0.25, -0.2) is 4.98 Å². The van der Waals surface area contributed by atoms with E-state index in [0.717, 1.165) is 22.5 Å². The third kappa shape index (κ3) is 5.12. The molecular formula is C21H23N5O. The van der Waals surface area contributed by atoms with Crippen molar-refractivity contribution in [2.45, 2.75) is 6.92 Å². The summed E-state index contributed by atoms with van der Waals surface area (Å²) in [5.74, 6) is 1.39. The smallest absolute Gasteiger partial charge is 0.149 e. The topological polar surface area (TPSA) is 73.6 Å². The second-order valence-electron chi connectivity index (χ2n) is 6.26. The lowest BCUT2D eigenvalue weighted by molar-refractivity contribution is 0.304. The van der Waals surface area contributed by atoms with Gasteiger partial charge in [0, 0.05) is 26.0 Å². The highest BCUT2D eigenvalue weighted by molar-refractivity contribution is 5.80. The number of aromatic nitrogens is 2. The quantitative estimate of drug-likeness (QED) is 0.499. The molecule has 3 rings (SSSR count). The van der Waals surface area contributed by atoms with Crippen LogP contribution in [0.3, 0.4) is 0 Å². The zero-order valence-corrected chi connectivity index (χ0v) is 15.5. The van der Waals surface area contributed by atoms with E-state index < -0.39 is 0 Å². The van der Waals surface area contributed by atoms with Gasteiger partial charge in [-0.2, -0.15) is 5.10 Å². The van der Waals surface area contributed by atoms with Crippen molar-refractivity contribution in [2.24, 2.45) is 5.10 Å². The summed E-state index contributed by atoms with van der Waals surface area (Å²) in [6.07, 6.45) is 5.29. The first-order valence-electron chi connectivity index (χ1n) is 8.76. The van der Waals surface area contributed by atoms with Crippen LogP contribution in [0.25, 0.3) is 11.1 Å². The molecule has 6 heteroatoms. The minimum Gasteiger partial charge on any atom is -0.395 e. The molecule has 0 aliphatic carbocycles. The number of hydrazone groups is 1. The molecule has 0 bridgehead atoms. The van der Waals surface area contributed by atoms with E-state index >= 15 is 0 Å². The molecule has 6 nitrogen and oxygen atoms in total. The first-order chi connectivity index (χ1) is 13.2. The lowest BCUT2D eigenvalue weighted by Gasteiger charge is -2.18. The Hall–Kier alpha value is -3.25. The Bertz CT molecular complexity index is 911. The zero-order chi connectivity index (χ0) is 19.1. The standard InChI is InChI=1S/C21H23N5O/c1-16-4-3-5-17(12-16)15-23-25-20-13-19(18-6-8-22-9-7-18)14-21(24-20)26(2)10-11-27/h3-9,12-15,27H,10-11H2,1-2H3,(H,24,25). The second-order valence-corrected chi connectivity index (χ2v) is 6.26. The highest BCUT2D eigenvalue weighted by atomic mass is 16.3. The van der Waals surface area contributed by atoms with Gasteiger partial charge >= 0.3 is 0 Å². The lowest BCUT2D eigenvalue weighted by atomic mass is 10.1. The maximum absolute atomic E-state index is 9.23. The van der Waals surface area contributed by atoms with Crippen LogP contribution >= 0.6 is 0 Å². The van der Waals surface area contributed by atoms with Crippen molar-refractivity contribution >= 4 is 17.9 Å². The number of hydrogen-bond acceptors (Lipinski definition) is 6. The Kier molecular flexibility index (Phi) is 6.12. The molecule has 2 N–H and O–H groups in total. The number of aryl methyl sites for hydroxylation is 1. The number of nitrogens with zero attached hydrogens (tertiary/aromatic N) is 4. The van der Waals surface area contributed by atoms with Crippen molar-refractivity contribution in [3.05, 3.63) is 72.1 Å². The molecule has 0 saturated carbocycles. The van der Waals surface area contributed by atoms with Crippen molar-refractivity contribution in [1.29, 1.82) is 0 Å². The molecule has 1 aromatic carbocycles. The molecule has 0 radical (unpaired) electrons. The van der Waals surface area contributed by atoms with E-state index in [1.807, 2.05) is 61.3 Å². The number of anilines is 2. The molecule has 0 spiro atoms. The van der Waals surface area contributed by atoms with Gasteiger partial charge in [0.15, 0.2) is 0 Å². The van der Waals surface area contributed by atoms with E-state index in [2.05, 4.69) is 26.6 Å². The number of hydrogen-bond donors (Lipinski definition) is 2. The van der Waals surface area contributed by atoms with Gasteiger partial charge in [0.1, 0.15) is 11.6 Å². The molecule has 0 aliphatic heterocycles. The molecule has 2 aromatic heterocycles. The third-order valence-electron chi connectivity index (χ3n) is 4.09. The van der Waals surface area contributed by atoms with Crippen molar-refractivity contribution < 1.29 is 5.11 Å². The summed E-state index contributed by atoms with van der Waals surface area (Å²) in [6.45, 7) is 2.61. The van der Waals surface area contributed by atoms with Crippen LogP contribution in [0, 0.1) is 6.92 Å². The highest BCUT2D eigenvalue weighted by Gasteiger charge is 2.08. The van der Waals surface area contributed by atoms with Crippen LogP contribution in [0.4, 0.5) is 11.6 Å². The van der Waals surface area contributed by atoms with Gasteiger partial charge in [-0.3, -0.25) is 10.4 Å². The first-order valence-corrected chi connectivity index (χ1v) is 8.76. The number of pyridine rings is 2. The van der Waals surface area contributed by atoms with E-state index in [-0.39, 0.29) is 6.61 Å². The fourth-order valence-electron chi connectivity index (χ4n) is 2.67. The van der Waals surface area contributed by atoms with E-state index in [0.29, 0.717) is 12.4 Å². The van der Waals surface area contributed by atoms with Gasteiger partial charge in [0.2, 0.25) is 0 Å². The number of likely N-dealkylation sites (N-methyl/N-ethyl adjacent to an activating group) is 1. The zero-order valence-electron chi connectivity index (χ0n) is 15.5.